The van der Waals surface area contributed by atoms with Crippen molar-refractivity contribution in [3.63, 3.8) is 0 Å². The Balaban J connectivity index is 1.43. The van der Waals surface area contributed by atoms with Gasteiger partial charge >= 0.3 is 0 Å². The Hall–Kier alpha value is -4.31. The minimum absolute atomic E-state index is 0.259. The lowest BCUT2D eigenvalue weighted by Crippen LogP contribution is -2.23. The van der Waals surface area contributed by atoms with Gasteiger partial charge in [-0.15, -0.1) is 11.3 Å². The summed E-state index contributed by atoms with van der Waals surface area (Å²) in [6.45, 7) is 5.75. The predicted octanol–water partition coefficient (Wildman–Crippen LogP) is 3.32. The Bertz CT molecular complexity index is 1450. The first-order valence-corrected chi connectivity index (χ1v) is 11.7. The van der Waals surface area contributed by atoms with Gasteiger partial charge in [-0.2, -0.15) is 5.10 Å². The lowest BCUT2D eigenvalue weighted by molar-refractivity contribution is 0.0950. The summed E-state index contributed by atoms with van der Waals surface area (Å²) in [7, 11) is 0. The average molecular weight is 489 g/mol. The molecule has 0 spiro atoms. The maximum Gasteiger partial charge on any atom is 0.281 e. The van der Waals surface area contributed by atoms with Crippen LogP contribution in [0.3, 0.4) is 0 Å². The monoisotopic (exact) mass is 488 g/mol. The molecule has 0 aliphatic carbocycles. The third-order valence-electron chi connectivity index (χ3n) is 5.28. The standard InChI is InChI=1S/C25H24N6O3S/c1-15-6-8-19(9-7-15)31-25(34)22(17(3)30-31)16(2)28-29-24(33)21-11-10-20(35-21)23(32)27-14-18-5-4-12-26-13-18/h4-13,30H,14H2,1-3H3,(H,27,32)(H,29,33)/b28-16+. The number of pyridine rings is 1. The number of benzene rings is 1. The number of H-pyrrole nitrogens is 1. The number of hydrogen-bond donors (Lipinski definition) is 3. The van der Waals surface area contributed by atoms with Gasteiger partial charge in [-0.25, -0.2) is 10.1 Å². The SMILES string of the molecule is C/C(=N\NC(=O)c1ccc(C(=O)NCc2cccnc2)s1)c1c(C)[nH]n(-c2ccc(C)cc2)c1=O. The number of aryl methyl sites for hydroxylation is 2. The lowest BCUT2D eigenvalue weighted by Gasteiger charge is -2.03. The van der Waals surface area contributed by atoms with Crippen molar-refractivity contribution < 1.29 is 9.59 Å². The van der Waals surface area contributed by atoms with Crippen molar-refractivity contribution in [1.29, 1.82) is 0 Å². The first-order valence-electron chi connectivity index (χ1n) is 10.8. The molecule has 4 aromatic rings. The van der Waals surface area contributed by atoms with Crippen LogP contribution < -0.4 is 16.3 Å². The summed E-state index contributed by atoms with van der Waals surface area (Å²) in [6, 6.07) is 14.4. The fraction of sp³-hybridized carbons (Fsp3) is 0.160. The number of nitrogens with one attached hydrogen (secondary N) is 3. The number of aromatic nitrogens is 3. The van der Waals surface area contributed by atoms with Crippen molar-refractivity contribution in [2.75, 3.05) is 0 Å². The molecule has 0 fully saturated rings. The predicted molar refractivity (Wildman–Crippen MR) is 135 cm³/mol. The fourth-order valence-electron chi connectivity index (χ4n) is 3.45. The Labute approximate surface area is 205 Å². The van der Waals surface area contributed by atoms with Crippen molar-refractivity contribution >= 4 is 28.9 Å². The van der Waals surface area contributed by atoms with Crippen LogP contribution in [-0.4, -0.2) is 32.3 Å². The molecule has 2 amide bonds. The first kappa shape index (κ1) is 23.8. The third kappa shape index (κ3) is 5.44. The molecule has 0 unspecified atom stereocenters. The van der Waals surface area contributed by atoms with Crippen LogP contribution in [0, 0.1) is 13.8 Å². The maximum absolute atomic E-state index is 13.0. The van der Waals surface area contributed by atoms with Crippen LogP contribution in [0.25, 0.3) is 5.69 Å². The summed E-state index contributed by atoms with van der Waals surface area (Å²) in [6.07, 6.45) is 3.34. The molecule has 0 saturated carbocycles. The van der Waals surface area contributed by atoms with Crippen LogP contribution >= 0.6 is 11.3 Å². The van der Waals surface area contributed by atoms with E-state index < -0.39 is 5.91 Å². The average Bonchev–Trinajstić information content (AvgIpc) is 3.47. The van der Waals surface area contributed by atoms with E-state index in [2.05, 4.69) is 25.9 Å². The van der Waals surface area contributed by atoms with E-state index in [0.29, 0.717) is 39.0 Å². The highest BCUT2D eigenvalue weighted by atomic mass is 32.1. The van der Waals surface area contributed by atoms with E-state index in [-0.39, 0.29) is 11.5 Å². The van der Waals surface area contributed by atoms with E-state index in [4.69, 9.17) is 0 Å². The van der Waals surface area contributed by atoms with E-state index in [1.165, 1.54) is 4.68 Å². The van der Waals surface area contributed by atoms with Crippen LogP contribution in [0.5, 0.6) is 0 Å². The first-order chi connectivity index (χ1) is 16.8. The maximum atomic E-state index is 13.0. The minimum atomic E-state index is -0.465. The molecule has 1 aromatic carbocycles. The number of amides is 2. The molecule has 0 bridgehead atoms. The van der Waals surface area contributed by atoms with Gasteiger partial charge in [0.25, 0.3) is 17.4 Å². The number of carbonyl (C=O) groups is 2. The second kappa shape index (κ2) is 10.3. The number of aromatic amines is 1. The zero-order valence-corrected chi connectivity index (χ0v) is 20.3. The molecule has 3 heterocycles. The third-order valence-corrected chi connectivity index (χ3v) is 6.36. The summed E-state index contributed by atoms with van der Waals surface area (Å²) in [5.74, 6) is -0.745. The van der Waals surface area contributed by atoms with Gasteiger partial charge in [0.05, 0.1) is 26.7 Å². The van der Waals surface area contributed by atoms with Gasteiger partial charge in [-0.1, -0.05) is 23.8 Å². The largest absolute Gasteiger partial charge is 0.347 e. The van der Waals surface area contributed by atoms with Crippen molar-refractivity contribution in [1.82, 2.24) is 25.5 Å². The highest BCUT2D eigenvalue weighted by molar-refractivity contribution is 7.15. The zero-order chi connectivity index (χ0) is 24.9. The highest BCUT2D eigenvalue weighted by Gasteiger charge is 2.17. The summed E-state index contributed by atoms with van der Waals surface area (Å²) in [5.41, 5.74) is 6.28. The van der Waals surface area contributed by atoms with Gasteiger partial charge < -0.3 is 5.32 Å². The Morgan fingerprint density at radius 2 is 1.77 bits per heavy atom. The molecule has 3 N–H and O–H groups in total. The van der Waals surface area contributed by atoms with Crippen LogP contribution in [0.1, 0.15) is 48.7 Å². The number of thiophene rings is 1. The molecule has 0 saturated heterocycles. The van der Waals surface area contributed by atoms with E-state index >= 15 is 0 Å². The van der Waals surface area contributed by atoms with Crippen molar-refractivity contribution in [2.45, 2.75) is 27.3 Å². The minimum Gasteiger partial charge on any atom is -0.347 e. The smallest absolute Gasteiger partial charge is 0.281 e. The summed E-state index contributed by atoms with van der Waals surface area (Å²) < 4.78 is 1.45. The number of rotatable bonds is 7. The summed E-state index contributed by atoms with van der Waals surface area (Å²) in [4.78, 5) is 42.7. The summed E-state index contributed by atoms with van der Waals surface area (Å²) in [5, 5.41) is 9.98. The molecular weight excluding hydrogens is 464 g/mol. The number of hydrazone groups is 1. The van der Waals surface area contributed by atoms with Crippen LogP contribution in [0.4, 0.5) is 0 Å². The molecule has 178 valence electrons. The van der Waals surface area contributed by atoms with E-state index in [0.717, 1.165) is 22.5 Å². The van der Waals surface area contributed by atoms with E-state index in [1.807, 2.05) is 37.3 Å². The normalized spacial score (nSPS) is 11.3. The van der Waals surface area contributed by atoms with Gasteiger partial charge in [0.2, 0.25) is 0 Å². The molecule has 4 rings (SSSR count). The van der Waals surface area contributed by atoms with E-state index in [1.54, 1.807) is 44.4 Å². The molecule has 0 aliphatic heterocycles. The zero-order valence-electron chi connectivity index (χ0n) is 19.5. The van der Waals surface area contributed by atoms with Gasteiger partial charge in [-0.3, -0.25) is 24.5 Å². The molecule has 0 radical (unpaired) electrons. The quantitative estimate of drug-likeness (QED) is 0.273. The van der Waals surface area contributed by atoms with Crippen molar-refractivity contribution in [2.24, 2.45) is 5.10 Å². The van der Waals surface area contributed by atoms with Crippen molar-refractivity contribution in [3.8, 4) is 5.69 Å². The molecule has 0 atom stereocenters. The lowest BCUT2D eigenvalue weighted by atomic mass is 10.2. The van der Waals surface area contributed by atoms with Gasteiger partial charge in [-0.05, 0) is 56.7 Å². The second-order valence-electron chi connectivity index (χ2n) is 7.93. The highest BCUT2D eigenvalue weighted by Crippen LogP contribution is 2.17. The van der Waals surface area contributed by atoms with Crippen molar-refractivity contribution in [3.05, 3.63) is 103 Å². The second-order valence-corrected chi connectivity index (χ2v) is 9.02. The number of hydrogen-bond acceptors (Lipinski definition) is 6. The Kier molecular flexibility index (Phi) is 7.02. The molecule has 9 nitrogen and oxygen atoms in total. The topological polar surface area (TPSA) is 121 Å². The van der Waals surface area contributed by atoms with Gasteiger partial charge in [0.1, 0.15) is 0 Å². The van der Waals surface area contributed by atoms with E-state index in [9.17, 15) is 14.4 Å². The molecule has 0 aliphatic rings. The number of nitrogens with zero attached hydrogens (tertiary/aromatic N) is 3. The van der Waals surface area contributed by atoms with Crippen LogP contribution in [0.2, 0.25) is 0 Å². The number of carbonyl (C=O) groups excluding carboxylic acids is 2. The van der Waals surface area contributed by atoms with Crippen LogP contribution in [0.15, 0.2) is 70.8 Å². The Morgan fingerprint density at radius 3 is 2.46 bits per heavy atom. The molecular formula is C25H24N6O3S. The van der Waals surface area contributed by atoms with Gasteiger partial charge in [0.15, 0.2) is 0 Å². The molecule has 3 aromatic heterocycles. The Morgan fingerprint density at radius 1 is 1.06 bits per heavy atom. The fourth-order valence-corrected chi connectivity index (χ4v) is 4.26. The molecule has 35 heavy (non-hydrogen) atoms. The summed E-state index contributed by atoms with van der Waals surface area (Å²) >= 11 is 1.06. The van der Waals surface area contributed by atoms with Gasteiger partial charge in [0, 0.05) is 24.6 Å². The van der Waals surface area contributed by atoms with Crippen LogP contribution in [-0.2, 0) is 6.54 Å². The molecule has 10 heteroatoms.